The summed E-state index contributed by atoms with van der Waals surface area (Å²) in [4.78, 5) is 35.0. The Morgan fingerprint density at radius 2 is 1.46 bits per heavy atom. The van der Waals surface area contributed by atoms with Crippen LogP contribution in [-0.2, 0) is 23.8 Å². The van der Waals surface area contributed by atoms with Gasteiger partial charge in [0.1, 0.15) is 0 Å². The van der Waals surface area contributed by atoms with Crippen LogP contribution >= 0.6 is 11.8 Å². The average molecular weight is 545 g/mol. The lowest BCUT2D eigenvalue weighted by molar-refractivity contribution is -0.122. The number of hydrogen-bond acceptors (Lipinski definition) is 7. The van der Waals surface area contributed by atoms with Crippen LogP contribution in [0.25, 0.3) is 0 Å². The molecular formula is C26H48N4O6S. The van der Waals surface area contributed by atoms with E-state index < -0.39 is 0 Å². The molecule has 0 aromatic heterocycles. The summed E-state index contributed by atoms with van der Waals surface area (Å²) in [6, 6.07) is 0.445. The second kappa shape index (κ2) is 19.5. The lowest BCUT2D eigenvalue weighted by Gasteiger charge is -2.16. The number of carbonyl (C=O) groups is 3. The van der Waals surface area contributed by atoms with Crippen LogP contribution in [0.1, 0.15) is 65.2 Å². The minimum absolute atomic E-state index is 0.0516. The van der Waals surface area contributed by atoms with E-state index >= 15 is 0 Å². The molecule has 3 atom stereocenters. The predicted octanol–water partition coefficient (Wildman–Crippen LogP) is 2.21. The van der Waals surface area contributed by atoms with Crippen LogP contribution in [0, 0.1) is 5.92 Å². The summed E-state index contributed by atoms with van der Waals surface area (Å²) >= 11 is 1.91. The largest absolute Gasteiger partial charge is 0.379 e. The summed E-state index contributed by atoms with van der Waals surface area (Å²) < 4.78 is 16.5. The Balaban J connectivity index is 1.26. The number of rotatable bonds is 22. The number of urea groups is 1. The van der Waals surface area contributed by atoms with Crippen molar-refractivity contribution in [2.24, 2.45) is 5.92 Å². The van der Waals surface area contributed by atoms with E-state index in [0.717, 1.165) is 44.3 Å². The number of hydrogen-bond donors (Lipinski definition) is 4. The van der Waals surface area contributed by atoms with Crippen LogP contribution in [0.15, 0.2) is 0 Å². The van der Waals surface area contributed by atoms with Gasteiger partial charge in [-0.25, -0.2) is 4.79 Å². The smallest absolute Gasteiger partial charge is 0.315 e. The number of nitrogens with one attached hydrogen (secondary N) is 4. The first-order chi connectivity index (χ1) is 18.0. The third-order valence-corrected chi connectivity index (χ3v) is 7.86. The van der Waals surface area contributed by atoms with Gasteiger partial charge in [-0.1, -0.05) is 20.3 Å². The van der Waals surface area contributed by atoms with Crippen molar-refractivity contribution < 1.29 is 28.6 Å². The van der Waals surface area contributed by atoms with Gasteiger partial charge in [0.15, 0.2) is 0 Å². The van der Waals surface area contributed by atoms with Crippen LogP contribution in [0.4, 0.5) is 4.79 Å². The van der Waals surface area contributed by atoms with Crippen LogP contribution in [0.3, 0.4) is 0 Å². The fraction of sp³-hybridized carbons (Fsp3) is 0.885. The zero-order chi connectivity index (χ0) is 26.7. The lowest BCUT2D eigenvalue weighted by atomic mass is 10.0. The van der Waals surface area contributed by atoms with Crippen molar-refractivity contribution in [1.29, 1.82) is 0 Å². The molecule has 37 heavy (non-hydrogen) atoms. The zero-order valence-electron chi connectivity index (χ0n) is 22.7. The molecule has 0 bridgehead atoms. The summed E-state index contributed by atoms with van der Waals surface area (Å²) in [5, 5.41) is 12.3. The normalized spacial score (nSPS) is 20.5. The third-order valence-electron chi connectivity index (χ3n) is 6.35. The predicted molar refractivity (Wildman–Crippen MR) is 146 cm³/mol. The van der Waals surface area contributed by atoms with Crippen molar-refractivity contribution in [2.75, 3.05) is 58.5 Å². The number of fused-ring (bicyclic) bond motifs is 1. The maximum Gasteiger partial charge on any atom is 0.315 e. The maximum atomic E-state index is 12.0. The Morgan fingerprint density at radius 3 is 2.08 bits per heavy atom. The van der Waals surface area contributed by atoms with Gasteiger partial charge in [0.25, 0.3) is 0 Å². The number of unbranched alkanes of at least 4 members (excludes halogenated alkanes) is 1. The van der Waals surface area contributed by atoms with Gasteiger partial charge in [0.05, 0.1) is 38.5 Å². The molecule has 4 amide bonds. The molecule has 2 saturated heterocycles. The van der Waals surface area contributed by atoms with Crippen LogP contribution in [0.5, 0.6) is 0 Å². The van der Waals surface area contributed by atoms with E-state index in [1.807, 2.05) is 11.8 Å². The second-order valence-electron chi connectivity index (χ2n) is 10.0. The molecule has 2 fully saturated rings. The van der Waals surface area contributed by atoms with Crippen molar-refractivity contribution >= 4 is 29.6 Å². The van der Waals surface area contributed by atoms with Gasteiger partial charge in [0, 0.05) is 50.1 Å². The highest BCUT2D eigenvalue weighted by Gasteiger charge is 2.42. The Hall–Kier alpha value is -1.56. The van der Waals surface area contributed by atoms with E-state index in [1.165, 1.54) is 0 Å². The van der Waals surface area contributed by atoms with Gasteiger partial charge in [-0.2, -0.15) is 11.8 Å². The van der Waals surface area contributed by atoms with Crippen LogP contribution in [0.2, 0.25) is 0 Å². The van der Waals surface area contributed by atoms with Gasteiger partial charge < -0.3 is 35.5 Å². The number of thioether (sulfide) groups is 1. The average Bonchev–Trinajstić information content (AvgIpc) is 3.42. The Kier molecular flexibility index (Phi) is 16.7. The molecule has 214 valence electrons. The van der Waals surface area contributed by atoms with Gasteiger partial charge >= 0.3 is 6.03 Å². The zero-order valence-corrected chi connectivity index (χ0v) is 23.5. The van der Waals surface area contributed by atoms with E-state index in [9.17, 15) is 14.4 Å². The summed E-state index contributed by atoms with van der Waals surface area (Å²) in [6.45, 7) is 8.77. The van der Waals surface area contributed by atoms with Crippen molar-refractivity contribution in [2.45, 2.75) is 82.5 Å². The first-order valence-electron chi connectivity index (χ1n) is 13.9. The Bertz CT molecular complexity index is 669. The van der Waals surface area contributed by atoms with E-state index in [4.69, 9.17) is 14.2 Å². The van der Waals surface area contributed by atoms with E-state index in [1.54, 1.807) is 0 Å². The Labute approximate surface area is 226 Å². The molecule has 2 heterocycles. The highest BCUT2D eigenvalue weighted by atomic mass is 32.2. The van der Waals surface area contributed by atoms with E-state index in [2.05, 4.69) is 35.1 Å². The van der Waals surface area contributed by atoms with Gasteiger partial charge in [-0.15, -0.1) is 0 Å². The molecule has 3 unspecified atom stereocenters. The monoisotopic (exact) mass is 544 g/mol. The summed E-state index contributed by atoms with van der Waals surface area (Å²) in [5.41, 5.74) is 0. The molecular weight excluding hydrogens is 496 g/mol. The molecule has 11 heteroatoms. The SMILES string of the molecule is CC(C)CCC(=O)NCCCOCCOCCOCCCNC(=O)CCCCC1SCC2NC(=O)NC21. The van der Waals surface area contributed by atoms with Crippen molar-refractivity contribution in [1.82, 2.24) is 21.3 Å². The molecule has 0 aromatic rings. The van der Waals surface area contributed by atoms with Gasteiger partial charge in [0.2, 0.25) is 11.8 Å². The third kappa shape index (κ3) is 14.8. The van der Waals surface area contributed by atoms with E-state index in [-0.39, 0.29) is 29.9 Å². The highest BCUT2D eigenvalue weighted by Crippen LogP contribution is 2.33. The van der Waals surface area contributed by atoms with E-state index in [0.29, 0.717) is 76.7 Å². The maximum absolute atomic E-state index is 12.0. The van der Waals surface area contributed by atoms with Gasteiger partial charge in [-0.05, 0) is 38.0 Å². The molecule has 2 aliphatic rings. The molecule has 2 aliphatic heterocycles. The van der Waals surface area contributed by atoms with Crippen molar-refractivity contribution in [3.05, 3.63) is 0 Å². The molecule has 0 saturated carbocycles. The molecule has 10 nitrogen and oxygen atoms in total. The summed E-state index contributed by atoms with van der Waals surface area (Å²) in [6.07, 6.45) is 6.52. The molecule has 0 aliphatic carbocycles. The molecule has 0 spiro atoms. The molecule has 4 N–H and O–H groups in total. The Morgan fingerprint density at radius 1 is 0.865 bits per heavy atom. The van der Waals surface area contributed by atoms with Gasteiger partial charge in [-0.3, -0.25) is 9.59 Å². The number of ether oxygens (including phenoxy) is 3. The minimum Gasteiger partial charge on any atom is -0.379 e. The molecule has 0 radical (unpaired) electrons. The molecule has 2 rings (SSSR count). The van der Waals surface area contributed by atoms with Crippen molar-refractivity contribution in [3.63, 3.8) is 0 Å². The minimum atomic E-state index is -0.0516. The molecule has 0 aromatic carbocycles. The lowest BCUT2D eigenvalue weighted by Crippen LogP contribution is -2.36. The second-order valence-corrected chi connectivity index (χ2v) is 11.3. The highest BCUT2D eigenvalue weighted by molar-refractivity contribution is 8.00. The standard InChI is InChI=1S/C26H48N4O6S/c1-20(2)9-10-24(32)28-12-6-14-35-16-18-36-17-15-34-13-5-11-27-23(31)8-4-3-7-22-25-21(19-37-22)29-26(33)30-25/h20-22,25H,3-19H2,1-2H3,(H,27,31)(H,28,32)(H2,29,30,33). The first kappa shape index (κ1) is 31.7. The fourth-order valence-corrected chi connectivity index (χ4v) is 5.76. The first-order valence-corrected chi connectivity index (χ1v) is 15.0. The van der Waals surface area contributed by atoms with Crippen LogP contribution < -0.4 is 21.3 Å². The fourth-order valence-electron chi connectivity index (χ4n) is 4.22. The van der Waals surface area contributed by atoms with Crippen molar-refractivity contribution in [3.8, 4) is 0 Å². The summed E-state index contributed by atoms with van der Waals surface area (Å²) in [5.74, 6) is 1.72. The van der Waals surface area contributed by atoms with Crippen LogP contribution in [-0.4, -0.2) is 93.7 Å². The topological polar surface area (TPSA) is 127 Å². The number of amides is 4. The quantitative estimate of drug-likeness (QED) is 0.122. The summed E-state index contributed by atoms with van der Waals surface area (Å²) in [7, 11) is 0. The number of carbonyl (C=O) groups excluding carboxylic acids is 3.